The lowest BCUT2D eigenvalue weighted by Crippen LogP contribution is -1.93. The monoisotopic (exact) mass is 213 g/mol. The van der Waals surface area contributed by atoms with Crippen LogP contribution in [0.15, 0.2) is 41.1 Å². The van der Waals surface area contributed by atoms with Crippen LogP contribution in [0.25, 0.3) is 11.0 Å². The number of nitrogens with one attached hydrogen (secondary N) is 1. The van der Waals surface area contributed by atoms with Crippen molar-refractivity contribution in [1.82, 2.24) is 15.1 Å². The van der Waals surface area contributed by atoms with E-state index in [-0.39, 0.29) is 0 Å². The number of imidazole rings is 1. The summed E-state index contributed by atoms with van der Waals surface area (Å²) in [6.07, 6.45) is 3.28. The van der Waals surface area contributed by atoms with Crippen molar-refractivity contribution in [2.75, 3.05) is 0 Å². The maximum atomic E-state index is 4.78. The van der Waals surface area contributed by atoms with Crippen molar-refractivity contribution in [3.63, 3.8) is 0 Å². The summed E-state index contributed by atoms with van der Waals surface area (Å²) < 4.78 is 4.78. The van der Waals surface area contributed by atoms with Gasteiger partial charge in [0.25, 0.3) is 0 Å². The molecule has 0 fully saturated rings. The third-order valence-corrected chi connectivity index (χ3v) is 2.55. The van der Waals surface area contributed by atoms with Gasteiger partial charge >= 0.3 is 0 Å². The number of nitrogens with zero attached hydrogens (tertiary/aromatic N) is 2. The van der Waals surface area contributed by atoms with Crippen LogP contribution in [0, 0.1) is 0 Å². The molecule has 4 nitrogen and oxygen atoms in total. The molecule has 0 aliphatic carbocycles. The predicted molar refractivity (Wildman–Crippen MR) is 60.0 cm³/mol. The molecule has 3 rings (SSSR count). The summed E-state index contributed by atoms with van der Waals surface area (Å²) in [6, 6.07) is 9.91. The normalized spacial score (nSPS) is 11.0. The Balaban J connectivity index is 1.79. The first-order valence-electron chi connectivity index (χ1n) is 5.25. The molecule has 16 heavy (non-hydrogen) atoms. The van der Waals surface area contributed by atoms with Crippen molar-refractivity contribution < 1.29 is 4.52 Å². The van der Waals surface area contributed by atoms with Gasteiger partial charge in [-0.15, -0.1) is 0 Å². The van der Waals surface area contributed by atoms with Crippen molar-refractivity contribution in [1.29, 1.82) is 0 Å². The molecule has 2 aromatic heterocycles. The highest BCUT2D eigenvalue weighted by atomic mass is 16.5. The molecule has 4 heteroatoms. The van der Waals surface area contributed by atoms with Crippen LogP contribution in [-0.4, -0.2) is 15.1 Å². The Bertz CT molecular complexity index is 550. The minimum atomic E-state index is 0.844. The molecule has 2 heterocycles. The highest BCUT2D eigenvalue weighted by molar-refractivity contribution is 5.74. The second kappa shape index (κ2) is 3.81. The van der Waals surface area contributed by atoms with Gasteiger partial charge in [0, 0.05) is 18.9 Å². The van der Waals surface area contributed by atoms with Crippen molar-refractivity contribution in [2.24, 2.45) is 0 Å². The van der Waals surface area contributed by atoms with E-state index in [9.17, 15) is 0 Å². The number of aryl methyl sites for hydroxylation is 2. The van der Waals surface area contributed by atoms with Gasteiger partial charge in [-0.05, 0) is 12.1 Å². The van der Waals surface area contributed by atoms with Gasteiger partial charge in [-0.25, -0.2) is 4.98 Å². The van der Waals surface area contributed by atoms with E-state index in [1.807, 2.05) is 30.3 Å². The molecule has 3 aromatic rings. The van der Waals surface area contributed by atoms with Crippen molar-refractivity contribution in [2.45, 2.75) is 12.8 Å². The van der Waals surface area contributed by atoms with Crippen LogP contribution in [0.3, 0.4) is 0 Å². The van der Waals surface area contributed by atoms with E-state index in [0.717, 1.165) is 35.4 Å². The molecule has 80 valence electrons. The molecule has 0 radical (unpaired) electrons. The van der Waals surface area contributed by atoms with Gasteiger partial charge in [-0.2, -0.15) is 0 Å². The third-order valence-electron chi connectivity index (χ3n) is 2.55. The summed E-state index contributed by atoms with van der Waals surface area (Å²) in [5, 5.41) is 3.87. The maximum absolute atomic E-state index is 4.78. The van der Waals surface area contributed by atoms with Crippen LogP contribution in [-0.2, 0) is 12.8 Å². The first-order chi connectivity index (χ1) is 7.92. The van der Waals surface area contributed by atoms with E-state index < -0.39 is 0 Å². The standard InChI is InChI=1S/C12H11N3O/c1-2-4-11-10(3-1)13-12(14-11)6-5-9-7-8-16-15-9/h1-4,7-8H,5-6H2,(H,13,14). The van der Waals surface area contributed by atoms with Gasteiger partial charge < -0.3 is 9.51 Å². The van der Waals surface area contributed by atoms with Gasteiger partial charge in [0.15, 0.2) is 0 Å². The molecule has 0 amide bonds. The molecule has 0 spiro atoms. The fourth-order valence-electron chi connectivity index (χ4n) is 1.74. The van der Waals surface area contributed by atoms with E-state index in [1.54, 1.807) is 6.26 Å². The third kappa shape index (κ3) is 1.69. The summed E-state index contributed by atoms with van der Waals surface area (Å²) in [7, 11) is 0. The lowest BCUT2D eigenvalue weighted by atomic mass is 10.2. The molecule has 1 N–H and O–H groups in total. The van der Waals surface area contributed by atoms with Crippen LogP contribution in [0.1, 0.15) is 11.5 Å². The Morgan fingerprint density at radius 3 is 2.88 bits per heavy atom. The lowest BCUT2D eigenvalue weighted by Gasteiger charge is -1.91. The van der Waals surface area contributed by atoms with E-state index in [0.29, 0.717) is 0 Å². The van der Waals surface area contributed by atoms with Crippen molar-refractivity contribution in [3.05, 3.63) is 48.1 Å². The largest absolute Gasteiger partial charge is 0.365 e. The van der Waals surface area contributed by atoms with Crippen molar-refractivity contribution in [3.8, 4) is 0 Å². The first kappa shape index (κ1) is 9.15. The zero-order chi connectivity index (χ0) is 10.8. The minimum Gasteiger partial charge on any atom is -0.365 e. The molecule has 0 unspecified atom stereocenters. The number of H-pyrrole nitrogens is 1. The second-order valence-corrected chi connectivity index (χ2v) is 3.69. The fraction of sp³-hybridized carbons (Fsp3) is 0.167. The summed E-state index contributed by atoms with van der Waals surface area (Å²) >= 11 is 0. The van der Waals surface area contributed by atoms with E-state index in [1.165, 1.54) is 0 Å². The zero-order valence-corrected chi connectivity index (χ0v) is 8.68. The zero-order valence-electron chi connectivity index (χ0n) is 8.68. The topological polar surface area (TPSA) is 54.7 Å². The summed E-state index contributed by atoms with van der Waals surface area (Å²) in [6.45, 7) is 0. The van der Waals surface area contributed by atoms with E-state index in [2.05, 4.69) is 15.1 Å². The average molecular weight is 213 g/mol. The molecule has 0 aliphatic rings. The minimum absolute atomic E-state index is 0.844. The summed E-state index contributed by atoms with van der Waals surface area (Å²) in [4.78, 5) is 7.79. The smallest absolute Gasteiger partial charge is 0.124 e. The van der Waals surface area contributed by atoms with Gasteiger partial charge in [0.05, 0.1) is 16.7 Å². The summed E-state index contributed by atoms with van der Waals surface area (Å²) in [5.41, 5.74) is 3.05. The molecular formula is C12H11N3O. The number of fused-ring (bicyclic) bond motifs is 1. The highest BCUT2D eigenvalue weighted by Crippen LogP contribution is 2.11. The number of para-hydroxylation sites is 2. The van der Waals surface area contributed by atoms with Crippen LogP contribution < -0.4 is 0 Å². The molecule has 0 bridgehead atoms. The quantitative estimate of drug-likeness (QED) is 0.726. The Hall–Kier alpha value is -2.10. The van der Waals surface area contributed by atoms with Crippen LogP contribution in [0.4, 0.5) is 0 Å². The van der Waals surface area contributed by atoms with Gasteiger partial charge in [-0.3, -0.25) is 0 Å². The highest BCUT2D eigenvalue weighted by Gasteiger charge is 2.03. The second-order valence-electron chi connectivity index (χ2n) is 3.69. The number of aromatic amines is 1. The molecular weight excluding hydrogens is 202 g/mol. The van der Waals surface area contributed by atoms with Crippen LogP contribution in [0.5, 0.6) is 0 Å². The Morgan fingerprint density at radius 1 is 1.12 bits per heavy atom. The maximum Gasteiger partial charge on any atom is 0.124 e. The van der Waals surface area contributed by atoms with Crippen LogP contribution >= 0.6 is 0 Å². The predicted octanol–water partition coefficient (Wildman–Crippen LogP) is 2.34. The molecule has 0 saturated heterocycles. The van der Waals surface area contributed by atoms with E-state index >= 15 is 0 Å². The fourth-order valence-corrected chi connectivity index (χ4v) is 1.74. The Kier molecular flexibility index (Phi) is 2.18. The number of rotatable bonds is 3. The van der Waals surface area contributed by atoms with Crippen LogP contribution in [0.2, 0.25) is 0 Å². The molecule has 0 atom stereocenters. The van der Waals surface area contributed by atoms with Gasteiger partial charge in [0.1, 0.15) is 12.1 Å². The lowest BCUT2D eigenvalue weighted by molar-refractivity contribution is 0.411. The first-order valence-corrected chi connectivity index (χ1v) is 5.25. The molecule has 0 aliphatic heterocycles. The Morgan fingerprint density at radius 2 is 2.06 bits per heavy atom. The molecule has 1 aromatic carbocycles. The van der Waals surface area contributed by atoms with Gasteiger partial charge in [0.2, 0.25) is 0 Å². The number of aromatic nitrogens is 3. The number of benzene rings is 1. The van der Waals surface area contributed by atoms with Crippen molar-refractivity contribution >= 4 is 11.0 Å². The van der Waals surface area contributed by atoms with Gasteiger partial charge in [-0.1, -0.05) is 17.3 Å². The number of hydrogen-bond acceptors (Lipinski definition) is 3. The average Bonchev–Trinajstić information content (AvgIpc) is 2.95. The molecule has 0 saturated carbocycles. The number of hydrogen-bond donors (Lipinski definition) is 1. The Labute approximate surface area is 92.3 Å². The summed E-state index contributed by atoms with van der Waals surface area (Å²) in [5.74, 6) is 0.990. The van der Waals surface area contributed by atoms with E-state index in [4.69, 9.17) is 4.52 Å². The SMILES string of the molecule is c1ccc2[nH]c(CCc3ccon3)nc2c1.